The maximum atomic E-state index is 11.4. The molecule has 2 aromatic heterocycles. The monoisotopic (exact) mass is 410 g/mol. The van der Waals surface area contributed by atoms with Crippen LogP contribution in [0.2, 0.25) is 0 Å². The van der Waals surface area contributed by atoms with Crippen LogP contribution in [-0.4, -0.2) is 58.5 Å². The molecule has 0 saturated carbocycles. The molecular weight excluding hydrogens is 388 g/mol. The Morgan fingerprint density at radius 1 is 1.21 bits per heavy atom. The van der Waals surface area contributed by atoms with Crippen LogP contribution in [0.3, 0.4) is 0 Å². The summed E-state index contributed by atoms with van der Waals surface area (Å²) in [4.78, 5) is 29.6. The summed E-state index contributed by atoms with van der Waals surface area (Å²) in [5.41, 5.74) is 2.92. The molecule has 1 saturated heterocycles. The number of carbonyl (C=O) groups is 1. The van der Waals surface area contributed by atoms with E-state index in [0.29, 0.717) is 23.6 Å². The molecular formula is C20H22N6O2S. The fourth-order valence-electron chi connectivity index (χ4n) is 3.87. The first-order chi connectivity index (χ1) is 14.1. The Balaban J connectivity index is 1.26. The molecule has 0 radical (unpaired) electrons. The Bertz CT molecular complexity index is 1080. The minimum Gasteiger partial charge on any atom is -0.466 e. The summed E-state index contributed by atoms with van der Waals surface area (Å²) in [6, 6.07) is 6.94. The van der Waals surface area contributed by atoms with E-state index in [1.54, 1.807) is 17.5 Å². The molecule has 1 atom stereocenters. The molecule has 2 aliphatic heterocycles. The van der Waals surface area contributed by atoms with Crippen LogP contribution < -0.4 is 15.0 Å². The molecule has 150 valence electrons. The summed E-state index contributed by atoms with van der Waals surface area (Å²) in [6.45, 7) is 7.83. The van der Waals surface area contributed by atoms with Gasteiger partial charge in [-0.1, -0.05) is 6.07 Å². The van der Waals surface area contributed by atoms with Crippen molar-refractivity contribution in [2.24, 2.45) is 0 Å². The Hall–Kier alpha value is -2.78. The van der Waals surface area contributed by atoms with E-state index in [1.807, 2.05) is 0 Å². The number of nitrogens with one attached hydrogen (secondary N) is 1. The molecule has 8 nitrogen and oxygen atoms in total. The number of ether oxygens (including phenoxy) is 1. The largest absolute Gasteiger partial charge is 0.466 e. The SMILES string of the molecule is Cc1nc2cc([C@H](C)N3CCN(c4ncc5c(n4)OCC(=O)N5)CC3)ccc2s1. The molecule has 3 aromatic rings. The third kappa shape index (κ3) is 3.51. The molecule has 0 bridgehead atoms. The van der Waals surface area contributed by atoms with Gasteiger partial charge >= 0.3 is 0 Å². The average Bonchev–Trinajstić information content (AvgIpc) is 3.12. The topological polar surface area (TPSA) is 83.5 Å². The summed E-state index contributed by atoms with van der Waals surface area (Å²) >= 11 is 1.74. The van der Waals surface area contributed by atoms with Gasteiger partial charge in [0, 0.05) is 32.2 Å². The highest BCUT2D eigenvalue weighted by Gasteiger charge is 2.25. The van der Waals surface area contributed by atoms with E-state index in [-0.39, 0.29) is 12.5 Å². The first-order valence-corrected chi connectivity index (χ1v) is 10.5. The molecule has 0 unspecified atom stereocenters. The van der Waals surface area contributed by atoms with Crippen LogP contribution in [0.1, 0.15) is 23.5 Å². The summed E-state index contributed by atoms with van der Waals surface area (Å²) in [5, 5.41) is 3.83. The normalized spacial score (nSPS) is 18.3. The van der Waals surface area contributed by atoms with Gasteiger partial charge in [-0.25, -0.2) is 9.97 Å². The van der Waals surface area contributed by atoms with Gasteiger partial charge in [0.25, 0.3) is 5.91 Å². The number of benzene rings is 1. The second-order valence-corrected chi connectivity index (χ2v) is 8.62. The molecule has 0 spiro atoms. The lowest BCUT2D eigenvalue weighted by molar-refractivity contribution is -0.118. The van der Waals surface area contributed by atoms with Crippen molar-refractivity contribution in [2.45, 2.75) is 19.9 Å². The highest BCUT2D eigenvalue weighted by Crippen LogP contribution is 2.30. The molecule has 1 N–H and O–H groups in total. The Labute approximate surface area is 172 Å². The van der Waals surface area contributed by atoms with Crippen LogP contribution in [0.5, 0.6) is 5.88 Å². The van der Waals surface area contributed by atoms with E-state index < -0.39 is 0 Å². The number of hydrogen-bond acceptors (Lipinski definition) is 8. The van der Waals surface area contributed by atoms with Gasteiger partial charge in [-0.2, -0.15) is 4.98 Å². The molecule has 1 fully saturated rings. The Morgan fingerprint density at radius 2 is 2.03 bits per heavy atom. The van der Waals surface area contributed by atoms with Gasteiger partial charge in [0.1, 0.15) is 5.69 Å². The molecule has 5 rings (SSSR count). The highest BCUT2D eigenvalue weighted by molar-refractivity contribution is 7.18. The van der Waals surface area contributed by atoms with Crippen molar-refractivity contribution in [3.8, 4) is 5.88 Å². The number of rotatable bonds is 3. The van der Waals surface area contributed by atoms with Crippen LogP contribution in [-0.2, 0) is 4.79 Å². The first kappa shape index (κ1) is 18.3. The van der Waals surface area contributed by atoms with Crippen LogP contribution in [0, 0.1) is 6.92 Å². The molecule has 1 aromatic carbocycles. The van der Waals surface area contributed by atoms with Gasteiger partial charge in [0.15, 0.2) is 6.61 Å². The van der Waals surface area contributed by atoms with Crippen molar-refractivity contribution in [1.82, 2.24) is 19.9 Å². The van der Waals surface area contributed by atoms with Crippen LogP contribution in [0.4, 0.5) is 11.6 Å². The number of aryl methyl sites for hydroxylation is 1. The molecule has 0 aliphatic carbocycles. The smallest absolute Gasteiger partial charge is 0.262 e. The van der Waals surface area contributed by atoms with E-state index in [4.69, 9.17) is 4.74 Å². The number of thiazole rings is 1. The second-order valence-electron chi connectivity index (χ2n) is 7.38. The fraction of sp³-hybridized carbons (Fsp3) is 0.400. The minimum atomic E-state index is -0.178. The lowest BCUT2D eigenvalue weighted by atomic mass is 10.1. The van der Waals surface area contributed by atoms with Crippen molar-refractivity contribution >= 4 is 39.1 Å². The highest BCUT2D eigenvalue weighted by atomic mass is 32.1. The van der Waals surface area contributed by atoms with Crippen molar-refractivity contribution in [1.29, 1.82) is 0 Å². The lowest BCUT2D eigenvalue weighted by Gasteiger charge is -2.38. The van der Waals surface area contributed by atoms with Crippen molar-refractivity contribution < 1.29 is 9.53 Å². The van der Waals surface area contributed by atoms with E-state index in [1.165, 1.54) is 10.3 Å². The van der Waals surface area contributed by atoms with Crippen LogP contribution >= 0.6 is 11.3 Å². The van der Waals surface area contributed by atoms with E-state index >= 15 is 0 Å². The third-order valence-electron chi connectivity index (χ3n) is 5.50. The Kier molecular flexibility index (Phi) is 4.56. The second kappa shape index (κ2) is 7.23. The number of piperazine rings is 1. The average molecular weight is 411 g/mol. The zero-order valence-electron chi connectivity index (χ0n) is 16.4. The fourth-order valence-corrected chi connectivity index (χ4v) is 4.67. The summed E-state index contributed by atoms with van der Waals surface area (Å²) < 4.78 is 6.66. The number of fused-ring (bicyclic) bond motifs is 2. The standard InChI is InChI=1S/C20H22N6O2S/c1-12(14-3-4-17-15(9-14)22-13(2)29-17)25-5-7-26(8-6-25)20-21-10-16-19(24-20)28-11-18(27)23-16/h3-4,9-10,12H,5-8,11H2,1-2H3,(H,23,27)/t12-/m0/s1. The summed E-state index contributed by atoms with van der Waals surface area (Å²) in [7, 11) is 0. The predicted octanol–water partition coefficient (Wildman–Crippen LogP) is 2.61. The Morgan fingerprint density at radius 3 is 2.86 bits per heavy atom. The number of amides is 1. The first-order valence-electron chi connectivity index (χ1n) is 9.72. The number of nitrogens with zero attached hydrogens (tertiary/aromatic N) is 5. The quantitative estimate of drug-likeness (QED) is 0.711. The maximum Gasteiger partial charge on any atom is 0.262 e. The molecule has 4 heterocycles. The number of carbonyl (C=O) groups excluding carboxylic acids is 1. The predicted molar refractivity (Wildman–Crippen MR) is 113 cm³/mol. The molecule has 9 heteroatoms. The van der Waals surface area contributed by atoms with Gasteiger partial charge in [-0.3, -0.25) is 9.69 Å². The van der Waals surface area contributed by atoms with Crippen LogP contribution in [0.25, 0.3) is 10.2 Å². The third-order valence-corrected chi connectivity index (χ3v) is 6.45. The van der Waals surface area contributed by atoms with Gasteiger partial charge < -0.3 is 15.0 Å². The van der Waals surface area contributed by atoms with E-state index in [0.717, 1.165) is 36.7 Å². The maximum absolute atomic E-state index is 11.4. The number of aromatic nitrogens is 3. The van der Waals surface area contributed by atoms with Crippen molar-refractivity contribution in [3.05, 3.63) is 35.0 Å². The lowest BCUT2D eigenvalue weighted by Crippen LogP contribution is -2.47. The van der Waals surface area contributed by atoms with Gasteiger partial charge in [-0.05, 0) is 31.5 Å². The van der Waals surface area contributed by atoms with Gasteiger partial charge in [0.2, 0.25) is 11.8 Å². The molecule has 2 aliphatic rings. The van der Waals surface area contributed by atoms with Gasteiger partial charge in [-0.15, -0.1) is 11.3 Å². The van der Waals surface area contributed by atoms with Crippen molar-refractivity contribution in [3.63, 3.8) is 0 Å². The van der Waals surface area contributed by atoms with E-state index in [9.17, 15) is 4.79 Å². The zero-order chi connectivity index (χ0) is 20.0. The van der Waals surface area contributed by atoms with Crippen LogP contribution in [0.15, 0.2) is 24.4 Å². The molecule has 29 heavy (non-hydrogen) atoms. The number of hydrogen-bond donors (Lipinski definition) is 1. The summed E-state index contributed by atoms with van der Waals surface area (Å²) in [5.74, 6) is 0.909. The van der Waals surface area contributed by atoms with Crippen molar-refractivity contribution in [2.75, 3.05) is 43.0 Å². The molecule has 1 amide bonds. The zero-order valence-corrected chi connectivity index (χ0v) is 17.2. The van der Waals surface area contributed by atoms with E-state index in [2.05, 4.69) is 62.1 Å². The summed E-state index contributed by atoms with van der Waals surface area (Å²) in [6.07, 6.45) is 1.62. The van der Waals surface area contributed by atoms with Gasteiger partial charge in [0.05, 0.1) is 21.4 Å². The minimum absolute atomic E-state index is 0.00238. The number of anilines is 2.